The standard InChI is InChI=1S/C25H26N6/c1-16(18-7-11-26-12-8-18)5-6-21-17(2)24(31-30-21)23-14-20-22(29-23)9-13-28-25(20)19-4-3-10-27-15-19/h3-6,9-10,13-15,18,26,29-30H,2,7-8,11-12H2,1H3/b16-5+,21-6+. The second-order valence-corrected chi connectivity index (χ2v) is 8.11. The van der Waals surface area contributed by atoms with Gasteiger partial charge in [0.25, 0.3) is 0 Å². The first-order valence-corrected chi connectivity index (χ1v) is 10.7. The molecular formula is C25H26N6. The van der Waals surface area contributed by atoms with Gasteiger partial charge in [-0.2, -0.15) is 5.10 Å². The van der Waals surface area contributed by atoms with Crippen molar-refractivity contribution in [2.45, 2.75) is 19.8 Å². The van der Waals surface area contributed by atoms with E-state index in [-0.39, 0.29) is 0 Å². The van der Waals surface area contributed by atoms with Crippen LogP contribution in [-0.2, 0) is 0 Å². The number of pyridine rings is 2. The van der Waals surface area contributed by atoms with Gasteiger partial charge < -0.3 is 10.3 Å². The normalized spacial score (nSPS) is 16.3. The molecule has 0 atom stereocenters. The Bertz CT molecular complexity index is 1340. The molecule has 0 bridgehead atoms. The second-order valence-electron chi connectivity index (χ2n) is 8.11. The van der Waals surface area contributed by atoms with E-state index in [0.29, 0.717) is 5.92 Å². The van der Waals surface area contributed by atoms with Crippen molar-refractivity contribution >= 4 is 23.6 Å². The number of nitrogens with one attached hydrogen (secondary N) is 3. The number of allylic oxidation sites excluding steroid dienone is 2. The van der Waals surface area contributed by atoms with Crippen molar-refractivity contribution in [1.82, 2.24) is 30.5 Å². The first kappa shape index (κ1) is 19.5. The lowest BCUT2D eigenvalue weighted by Crippen LogP contribution is -2.28. The third-order valence-electron chi connectivity index (χ3n) is 6.13. The summed E-state index contributed by atoms with van der Waals surface area (Å²) in [4.78, 5) is 12.3. The zero-order valence-corrected chi connectivity index (χ0v) is 17.7. The summed E-state index contributed by atoms with van der Waals surface area (Å²) in [6.45, 7) is 8.70. The van der Waals surface area contributed by atoms with E-state index in [9.17, 15) is 0 Å². The number of hydrogen-bond donors (Lipinski definition) is 3. The molecule has 4 aromatic heterocycles. The topological polar surface area (TPSA) is 82.3 Å². The number of hydrogen-bond acceptors (Lipinski definition) is 4. The lowest BCUT2D eigenvalue weighted by molar-refractivity contribution is 0.420. The predicted molar refractivity (Wildman–Crippen MR) is 125 cm³/mol. The van der Waals surface area contributed by atoms with Crippen LogP contribution in [0, 0.1) is 5.92 Å². The van der Waals surface area contributed by atoms with Crippen LogP contribution >= 0.6 is 0 Å². The van der Waals surface area contributed by atoms with Gasteiger partial charge in [0, 0.05) is 40.3 Å². The maximum atomic E-state index is 4.58. The Kier molecular flexibility index (Phi) is 5.22. The molecule has 31 heavy (non-hydrogen) atoms. The zero-order chi connectivity index (χ0) is 21.2. The van der Waals surface area contributed by atoms with Gasteiger partial charge in [-0.3, -0.25) is 15.1 Å². The van der Waals surface area contributed by atoms with E-state index in [1.165, 1.54) is 18.4 Å². The molecule has 6 heteroatoms. The van der Waals surface area contributed by atoms with Gasteiger partial charge in [0.2, 0.25) is 0 Å². The fourth-order valence-corrected chi connectivity index (χ4v) is 4.28. The Balaban J connectivity index is 1.50. The molecule has 1 fully saturated rings. The summed E-state index contributed by atoms with van der Waals surface area (Å²) in [5.74, 6) is 0.653. The highest BCUT2D eigenvalue weighted by molar-refractivity contribution is 5.95. The second kappa shape index (κ2) is 8.32. The Morgan fingerprint density at radius 2 is 2.03 bits per heavy atom. The zero-order valence-electron chi connectivity index (χ0n) is 17.7. The number of nitrogens with zero attached hydrogens (tertiary/aromatic N) is 3. The third kappa shape index (κ3) is 3.82. The molecule has 5 rings (SSSR count). The number of piperidine rings is 1. The number of fused-ring (bicyclic) bond motifs is 1. The largest absolute Gasteiger partial charge is 0.353 e. The van der Waals surface area contributed by atoms with Crippen LogP contribution in [-0.4, -0.2) is 38.2 Å². The monoisotopic (exact) mass is 410 g/mol. The lowest BCUT2D eigenvalue weighted by atomic mass is 9.91. The first-order chi connectivity index (χ1) is 15.2. The lowest BCUT2D eigenvalue weighted by Gasteiger charge is -2.23. The molecule has 0 saturated carbocycles. The van der Waals surface area contributed by atoms with Crippen LogP contribution in [0.3, 0.4) is 0 Å². The molecular weight excluding hydrogens is 384 g/mol. The summed E-state index contributed by atoms with van der Waals surface area (Å²) in [6, 6.07) is 8.02. The van der Waals surface area contributed by atoms with Crippen LogP contribution in [0.25, 0.3) is 46.2 Å². The average Bonchev–Trinajstić information content (AvgIpc) is 3.41. The van der Waals surface area contributed by atoms with Crippen LogP contribution in [0.2, 0.25) is 0 Å². The van der Waals surface area contributed by atoms with Crippen molar-refractivity contribution in [1.29, 1.82) is 0 Å². The molecule has 6 nitrogen and oxygen atoms in total. The Morgan fingerprint density at radius 1 is 1.16 bits per heavy atom. The van der Waals surface area contributed by atoms with Crippen molar-refractivity contribution in [3.63, 3.8) is 0 Å². The SMILES string of the molecule is C=c1c(-c2cc3c(-c4cccnc4)nccc3[nH]2)n[nH]/c1=C/C=C(\C)C1CCNCC1. The minimum atomic E-state index is 0.653. The van der Waals surface area contributed by atoms with Crippen LogP contribution < -0.4 is 15.9 Å². The number of aromatic amines is 2. The van der Waals surface area contributed by atoms with Gasteiger partial charge in [-0.05, 0) is 69.1 Å². The van der Waals surface area contributed by atoms with E-state index in [2.05, 4.69) is 62.2 Å². The van der Waals surface area contributed by atoms with E-state index >= 15 is 0 Å². The summed E-state index contributed by atoms with van der Waals surface area (Å²) < 4.78 is 0. The number of rotatable bonds is 4. The summed E-state index contributed by atoms with van der Waals surface area (Å²) in [5.41, 5.74) is 6.07. The van der Waals surface area contributed by atoms with E-state index in [4.69, 9.17) is 0 Å². The number of H-pyrrole nitrogens is 2. The van der Waals surface area contributed by atoms with Gasteiger partial charge in [0.05, 0.1) is 16.7 Å². The number of aromatic nitrogens is 5. The quantitative estimate of drug-likeness (QED) is 0.483. The van der Waals surface area contributed by atoms with Gasteiger partial charge in [-0.25, -0.2) is 0 Å². The van der Waals surface area contributed by atoms with E-state index in [1.807, 2.05) is 30.6 Å². The van der Waals surface area contributed by atoms with Crippen molar-refractivity contribution < 1.29 is 0 Å². The average molecular weight is 411 g/mol. The Labute approximate surface area is 180 Å². The first-order valence-electron chi connectivity index (χ1n) is 10.7. The molecule has 156 valence electrons. The van der Waals surface area contributed by atoms with Crippen molar-refractivity contribution in [2.24, 2.45) is 5.92 Å². The molecule has 1 saturated heterocycles. The third-order valence-corrected chi connectivity index (χ3v) is 6.13. The molecule has 1 aliphatic rings. The molecule has 1 aliphatic heterocycles. The fourth-order valence-electron chi connectivity index (χ4n) is 4.28. The molecule has 0 aromatic carbocycles. The van der Waals surface area contributed by atoms with Crippen LogP contribution in [0.1, 0.15) is 19.8 Å². The molecule has 0 amide bonds. The molecule has 4 aromatic rings. The smallest absolute Gasteiger partial charge is 0.116 e. The molecule has 0 unspecified atom stereocenters. The Morgan fingerprint density at radius 3 is 2.84 bits per heavy atom. The molecule has 5 heterocycles. The minimum Gasteiger partial charge on any atom is -0.353 e. The highest BCUT2D eigenvalue weighted by Gasteiger charge is 2.14. The van der Waals surface area contributed by atoms with Crippen molar-refractivity contribution in [2.75, 3.05) is 13.1 Å². The Hall–Kier alpha value is -3.51. The predicted octanol–water partition coefficient (Wildman–Crippen LogP) is 3.15. The molecule has 0 spiro atoms. The van der Waals surface area contributed by atoms with E-state index < -0.39 is 0 Å². The highest BCUT2D eigenvalue weighted by Crippen LogP contribution is 2.28. The summed E-state index contributed by atoms with van der Waals surface area (Å²) in [7, 11) is 0. The van der Waals surface area contributed by atoms with Gasteiger partial charge in [0.1, 0.15) is 5.69 Å². The van der Waals surface area contributed by atoms with Crippen molar-refractivity contribution in [3.05, 3.63) is 65.1 Å². The maximum Gasteiger partial charge on any atom is 0.116 e. The fraction of sp³-hybridized carbons (Fsp3) is 0.240. The molecule has 0 aliphatic carbocycles. The highest BCUT2D eigenvalue weighted by atomic mass is 15.1. The van der Waals surface area contributed by atoms with Gasteiger partial charge in [-0.1, -0.05) is 18.2 Å². The van der Waals surface area contributed by atoms with E-state index in [1.54, 1.807) is 6.20 Å². The van der Waals surface area contributed by atoms with Crippen LogP contribution in [0.4, 0.5) is 0 Å². The van der Waals surface area contributed by atoms with Crippen LogP contribution in [0.15, 0.2) is 54.5 Å². The molecule has 3 N–H and O–H groups in total. The maximum absolute atomic E-state index is 4.58. The molecule has 0 radical (unpaired) electrons. The van der Waals surface area contributed by atoms with Gasteiger partial charge in [-0.15, -0.1) is 0 Å². The van der Waals surface area contributed by atoms with Gasteiger partial charge in [0.15, 0.2) is 0 Å². The summed E-state index contributed by atoms with van der Waals surface area (Å²) in [6.07, 6.45) is 12.1. The van der Waals surface area contributed by atoms with Crippen LogP contribution in [0.5, 0.6) is 0 Å². The van der Waals surface area contributed by atoms with Gasteiger partial charge >= 0.3 is 0 Å². The minimum absolute atomic E-state index is 0.653. The van der Waals surface area contributed by atoms with E-state index in [0.717, 1.165) is 57.2 Å². The summed E-state index contributed by atoms with van der Waals surface area (Å²) >= 11 is 0. The van der Waals surface area contributed by atoms with Crippen molar-refractivity contribution in [3.8, 4) is 22.6 Å². The summed E-state index contributed by atoms with van der Waals surface area (Å²) in [5, 5.41) is 14.0.